The molecule has 0 aliphatic heterocycles. The van der Waals surface area contributed by atoms with E-state index in [0.717, 1.165) is 12.8 Å². The van der Waals surface area contributed by atoms with E-state index >= 15 is 0 Å². The molecule has 0 spiro atoms. The van der Waals surface area contributed by atoms with Gasteiger partial charge in [-0.3, -0.25) is 0 Å². The van der Waals surface area contributed by atoms with E-state index in [1.165, 1.54) is 6.07 Å². The summed E-state index contributed by atoms with van der Waals surface area (Å²) < 4.78 is 27.4. The summed E-state index contributed by atoms with van der Waals surface area (Å²) in [6, 6.07) is 6.61. The summed E-state index contributed by atoms with van der Waals surface area (Å²) in [6.07, 6.45) is 3.81. The number of hydrogen-bond acceptors (Lipinski definition) is 4. The van der Waals surface area contributed by atoms with Gasteiger partial charge in [-0.25, -0.2) is 13.1 Å². The predicted octanol–water partition coefficient (Wildman–Crippen LogP) is 3.07. The maximum atomic E-state index is 12.4. The standard InChI is InChI=1S/C15H22N2O2S2/c1-5-15(6-2,20-4)11-17-21(18,19)14-8-7-13(10-16)12(3)9-14/h7-9,17H,5-6,11H2,1-4H3. The van der Waals surface area contributed by atoms with Gasteiger partial charge in [0.2, 0.25) is 10.0 Å². The highest BCUT2D eigenvalue weighted by molar-refractivity contribution is 8.00. The Morgan fingerprint density at radius 1 is 1.33 bits per heavy atom. The van der Waals surface area contributed by atoms with E-state index in [-0.39, 0.29) is 9.64 Å². The summed E-state index contributed by atoms with van der Waals surface area (Å²) in [6.45, 7) is 6.28. The van der Waals surface area contributed by atoms with Crippen LogP contribution in [-0.4, -0.2) is 26.0 Å². The third kappa shape index (κ3) is 4.22. The maximum Gasteiger partial charge on any atom is 0.240 e. The predicted molar refractivity (Wildman–Crippen MR) is 87.9 cm³/mol. The Hall–Kier alpha value is -1.03. The summed E-state index contributed by atoms with van der Waals surface area (Å²) >= 11 is 1.69. The number of nitriles is 1. The molecular weight excluding hydrogens is 304 g/mol. The number of nitrogens with zero attached hydrogens (tertiary/aromatic N) is 1. The molecule has 0 unspecified atom stereocenters. The molecule has 4 nitrogen and oxygen atoms in total. The molecule has 116 valence electrons. The maximum absolute atomic E-state index is 12.4. The average Bonchev–Trinajstić information content (AvgIpc) is 2.49. The summed E-state index contributed by atoms with van der Waals surface area (Å²) in [7, 11) is -3.54. The van der Waals surface area contributed by atoms with Crippen LogP contribution in [0, 0.1) is 18.3 Å². The molecule has 21 heavy (non-hydrogen) atoms. The van der Waals surface area contributed by atoms with Crippen LogP contribution in [0.5, 0.6) is 0 Å². The van der Waals surface area contributed by atoms with Crippen molar-refractivity contribution in [1.29, 1.82) is 5.26 Å². The van der Waals surface area contributed by atoms with Crippen LogP contribution in [0.4, 0.5) is 0 Å². The first-order chi connectivity index (χ1) is 9.84. The molecule has 0 amide bonds. The van der Waals surface area contributed by atoms with Crippen molar-refractivity contribution in [2.24, 2.45) is 0 Å². The Kier molecular flexibility index (Phi) is 6.26. The van der Waals surface area contributed by atoms with E-state index in [2.05, 4.69) is 18.6 Å². The fourth-order valence-corrected chi connectivity index (χ4v) is 4.20. The van der Waals surface area contributed by atoms with Gasteiger partial charge < -0.3 is 0 Å². The fourth-order valence-electron chi connectivity index (χ4n) is 2.10. The van der Waals surface area contributed by atoms with E-state index < -0.39 is 10.0 Å². The van der Waals surface area contributed by atoms with Crippen LogP contribution in [0.3, 0.4) is 0 Å². The molecule has 0 heterocycles. The highest BCUT2D eigenvalue weighted by Crippen LogP contribution is 2.30. The summed E-state index contributed by atoms with van der Waals surface area (Å²) in [4.78, 5) is 0.209. The van der Waals surface area contributed by atoms with E-state index in [1.54, 1.807) is 30.8 Å². The lowest BCUT2D eigenvalue weighted by Crippen LogP contribution is -2.39. The zero-order chi connectivity index (χ0) is 16.1. The minimum atomic E-state index is -3.54. The topological polar surface area (TPSA) is 70.0 Å². The zero-order valence-electron chi connectivity index (χ0n) is 12.9. The largest absolute Gasteiger partial charge is 0.240 e. The molecule has 0 saturated heterocycles. The molecule has 1 aromatic rings. The first-order valence-electron chi connectivity index (χ1n) is 6.89. The molecule has 0 fully saturated rings. The highest BCUT2D eigenvalue weighted by Gasteiger charge is 2.27. The van der Waals surface area contributed by atoms with Gasteiger partial charge >= 0.3 is 0 Å². The van der Waals surface area contributed by atoms with Crippen LogP contribution in [0.1, 0.15) is 37.8 Å². The monoisotopic (exact) mass is 326 g/mol. The minimum Gasteiger partial charge on any atom is -0.210 e. The van der Waals surface area contributed by atoms with Crippen LogP contribution in [0.2, 0.25) is 0 Å². The molecular formula is C15H22N2O2S2. The van der Waals surface area contributed by atoms with Gasteiger partial charge in [-0.2, -0.15) is 17.0 Å². The van der Waals surface area contributed by atoms with Crippen molar-refractivity contribution in [2.45, 2.75) is 43.3 Å². The highest BCUT2D eigenvalue weighted by atomic mass is 32.2. The Morgan fingerprint density at radius 3 is 2.38 bits per heavy atom. The van der Waals surface area contributed by atoms with Crippen LogP contribution in [0.15, 0.2) is 23.1 Å². The number of benzene rings is 1. The van der Waals surface area contributed by atoms with Crippen molar-refractivity contribution in [3.63, 3.8) is 0 Å². The van der Waals surface area contributed by atoms with Gasteiger partial charge in [0.25, 0.3) is 0 Å². The third-order valence-corrected chi connectivity index (χ3v) is 6.92. The Balaban J connectivity index is 2.97. The molecule has 0 aromatic heterocycles. The van der Waals surface area contributed by atoms with E-state index in [0.29, 0.717) is 17.7 Å². The number of rotatable bonds is 7. The number of nitrogens with one attached hydrogen (secondary N) is 1. The van der Waals surface area contributed by atoms with Crippen molar-refractivity contribution < 1.29 is 8.42 Å². The normalized spacial score (nSPS) is 12.1. The minimum absolute atomic E-state index is 0.0747. The number of aryl methyl sites for hydroxylation is 1. The van der Waals surface area contributed by atoms with Crippen molar-refractivity contribution in [2.75, 3.05) is 12.8 Å². The summed E-state index contributed by atoms with van der Waals surface area (Å²) in [5.74, 6) is 0. The number of sulfonamides is 1. The molecule has 1 rings (SSSR count). The van der Waals surface area contributed by atoms with E-state index in [9.17, 15) is 8.42 Å². The molecule has 0 atom stereocenters. The van der Waals surface area contributed by atoms with Crippen molar-refractivity contribution >= 4 is 21.8 Å². The van der Waals surface area contributed by atoms with Gasteiger partial charge in [-0.1, -0.05) is 13.8 Å². The lowest BCUT2D eigenvalue weighted by atomic mass is 10.0. The lowest BCUT2D eigenvalue weighted by Gasteiger charge is -2.29. The summed E-state index contributed by atoms with van der Waals surface area (Å²) in [5, 5.41) is 8.90. The molecule has 0 radical (unpaired) electrons. The smallest absolute Gasteiger partial charge is 0.210 e. The van der Waals surface area contributed by atoms with Gasteiger partial charge in [0.05, 0.1) is 16.5 Å². The van der Waals surface area contributed by atoms with E-state index in [4.69, 9.17) is 5.26 Å². The SMILES string of the molecule is CCC(CC)(CNS(=O)(=O)c1ccc(C#N)c(C)c1)SC. The molecule has 0 aliphatic carbocycles. The van der Waals surface area contributed by atoms with E-state index in [1.807, 2.05) is 12.3 Å². The van der Waals surface area contributed by atoms with Crippen molar-refractivity contribution in [3.8, 4) is 6.07 Å². The molecule has 0 bridgehead atoms. The van der Waals surface area contributed by atoms with Crippen LogP contribution in [-0.2, 0) is 10.0 Å². The molecule has 0 aliphatic rings. The summed E-state index contributed by atoms with van der Waals surface area (Å²) in [5.41, 5.74) is 1.16. The first-order valence-corrected chi connectivity index (χ1v) is 9.60. The van der Waals surface area contributed by atoms with Crippen LogP contribution < -0.4 is 4.72 Å². The molecule has 1 aromatic carbocycles. The Bertz CT molecular complexity index is 621. The van der Waals surface area contributed by atoms with Gasteiger partial charge in [-0.05, 0) is 49.8 Å². The van der Waals surface area contributed by atoms with Crippen molar-refractivity contribution in [1.82, 2.24) is 4.72 Å². The van der Waals surface area contributed by atoms with Crippen molar-refractivity contribution in [3.05, 3.63) is 29.3 Å². The van der Waals surface area contributed by atoms with Gasteiger partial charge in [0.1, 0.15) is 0 Å². The average molecular weight is 326 g/mol. The first kappa shape index (κ1) is 18.0. The second kappa shape index (κ2) is 7.30. The second-order valence-electron chi connectivity index (χ2n) is 5.01. The number of hydrogen-bond donors (Lipinski definition) is 1. The third-order valence-electron chi connectivity index (χ3n) is 3.93. The number of thioether (sulfide) groups is 1. The Labute approximate surface area is 132 Å². The van der Waals surface area contributed by atoms with Gasteiger partial charge in [0, 0.05) is 11.3 Å². The molecule has 6 heteroatoms. The molecule has 0 saturated carbocycles. The Morgan fingerprint density at radius 2 is 1.95 bits per heavy atom. The van der Waals surface area contributed by atoms with Crippen LogP contribution in [0.25, 0.3) is 0 Å². The quantitative estimate of drug-likeness (QED) is 0.836. The lowest BCUT2D eigenvalue weighted by molar-refractivity contribution is 0.522. The van der Waals surface area contributed by atoms with Gasteiger partial charge in [0.15, 0.2) is 0 Å². The second-order valence-corrected chi connectivity index (χ2v) is 8.05. The van der Waals surface area contributed by atoms with Gasteiger partial charge in [-0.15, -0.1) is 0 Å². The zero-order valence-corrected chi connectivity index (χ0v) is 14.6. The fraction of sp³-hybridized carbons (Fsp3) is 0.533. The van der Waals surface area contributed by atoms with Crippen LogP contribution >= 0.6 is 11.8 Å². The molecule has 1 N–H and O–H groups in total.